The molecule has 5 nitrogen and oxygen atoms in total. The lowest BCUT2D eigenvalue weighted by Gasteiger charge is -2.18. The topological polar surface area (TPSA) is 83.8 Å². The lowest BCUT2D eigenvalue weighted by molar-refractivity contribution is -0.140. The van der Waals surface area contributed by atoms with E-state index in [9.17, 15) is 19.8 Å². The number of unbranched alkanes of at least 4 members (excludes halogenated alkanes) is 5. The minimum atomic E-state index is -0.633. The van der Waals surface area contributed by atoms with Crippen molar-refractivity contribution in [1.82, 2.24) is 0 Å². The van der Waals surface area contributed by atoms with Gasteiger partial charge in [-0.15, -0.1) is 0 Å². The maximum Gasteiger partial charge on any atom is 0.305 e. The van der Waals surface area contributed by atoms with Crippen molar-refractivity contribution in [2.75, 3.05) is 7.11 Å². The highest BCUT2D eigenvalue weighted by molar-refractivity contribution is 5.84. The lowest BCUT2D eigenvalue weighted by Crippen LogP contribution is -2.19. The number of aliphatic hydroxyl groups is 2. The zero-order valence-corrected chi connectivity index (χ0v) is 16.4. The zero-order chi connectivity index (χ0) is 19.4. The minimum absolute atomic E-state index is 0.127. The van der Waals surface area contributed by atoms with Gasteiger partial charge in [0.25, 0.3) is 0 Å². The van der Waals surface area contributed by atoms with Crippen LogP contribution in [-0.2, 0) is 14.3 Å². The SMILES string of the molecule is CCCCC[C@H](O)/C=C/[C@@H]1[C@H](O)CC(=O)[C@@H]1CCCCCCC(=O)OC. The van der Waals surface area contributed by atoms with E-state index in [1.165, 1.54) is 7.11 Å². The Morgan fingerprint density at radius 1 is 1.23 bits per heavy atom. The molecule has 0 radical (unpaired) electrons. The summed E-state index contributed by atoms with van der Waals surface area (Å²) in [5.74, 6) is -0.382. The summed E-state index contributed by atoms with van der Waals surface area (Å²) >= 11 is 0. The van der Waals surface area contributed by atoms with Crippen molar-refractivity contribution in [3.8, 4) is 0 Å². The molecular weight excluding hydrogens is 332 g/mol. The van der Waals surface area contributed by atoms with Crippen molar-refractivity contribution >= 4 is 11.8 Å². The third-order valence-electron chi connectivity index (χ3n) is 5.27. The van der Waals surface area contributed by atoms with E-state index in [-0.39, 0.29) is 30.0 Å². The molecule has 0 saturated heterocycles. The second-order valence-corrected chi connectivity index (χ2v) is 7.40. The van der Waals surface area contributed by atoms with Gasteiger partial charge < -0.3 is 14.9 Å². The molecule has 26 heavy (non-hydrogen) atoms. The van der Waals surface area contributed by atoms with Gasteiger partial charge in [0.05, 0.1) is 19.3 Å². The molecule has 150 valence electrons. The van der Waals surface area contributed by atoms with E-state index in [2.05, 4.69) is 11.7 Å². The molecule has 2 N–H and O–H groups in total. The Labute approximate surface area is 157 Å². The van der Waals surface area contributed by atoms with E-state index >= 15 is 0 Å². The van der Waals surface area contributed by atoms with E-state index in [0.717, 1.165) is 57.8 Å². The second-order valence-electron chi connectivity index (χ2n) is 7.40. The highest BCUT2D eigenvalue weighted by atomic mass is 16.5. The molecule has 1 aliphatic carbocycles. The van der Waals surface area contributed by atoms with Crippen LogP contribution in [0.4, 0.5) is 0 Å². The maximum absolute atomic E-state index is 12.2. The molecule has 0 aliphatic heterocycles. The Hall–Kier alpha value is -1.20. The largest absolute Gasteiger partial charge is 0.469 e. The first-order valence-electron chi connectivity index (χ1n) is 10.1. The molecule has 1 fully saturated rings. The van der Waals surface area contributed by atoms with Crippen LogP contribution in [0.15, 0.2) is 12.2 Å². The third-order valence-corrected chi connectivity index (χ3v) is 5.27. The minimum Gasteiger partial charge on any atom is -0.469 e. The smallest absolute Gasteiger partial charge is 0.305 e. The van der Waals surface area contributed by atoms with Crippen LogP contribution in [0, 0.1) is 11.8 Å². The van der Waals surface area contributed by atoms with Gasteiger partial charge in [-0.05, 0) is 19.3 Å². The predicted octanol–water partition coefficient (Wildman–Crippen LogP) is 3.56. The number of esters is 1. The van der Waals surface area contributed by atoms with Gasteiger partial charge in [0, 0.05) is 24.7 Å². The Morgan fingerprint density at radius 2 is 1.96 bits per heavy atom. The van der Waals surface area contributed by atoms with Gasteiger partial charge in [0.1, 0.15) is 5.78 Å². The van der Waals surface area contributed by atoms with Crippen LogP contribution in [0.25, 0.3) is 0 Å². The molecule has 0 unspecified atom stereocenters. The van der Waals surface area contributed by atoms with Crippen LogP contribution in [0.1, 0.15) is 77.6 Å². The first kappa shape index (κ1) is 22.8. The molecule has 1 rings (SSSR count). The number of methoxy groups -OCH3 is 1. The molecule has 1 saturated carbocycles. The van der Waals surface area contributed by atoms with Crippen LogP contribution >= 0.6 is 0 Å². The zero-order valence-electron chi connectivity index (χ0n) is 16.4. The van der Waals surface area contributed by atoms with Crippen molar-refractivity contribution in [3.63, 3.8) is 0 Å². The van der Waals surface area contributed by atoms with E-state index in [0.29, 0.717) is 6.42 Å². The normalized spacial score (nSPS) is 24.3. The summed E-state index contributed by atoms with van der Waals surface area (Å²) in [7, 11) is 1.40. The number of aliphatic hydroxyl groups excluding tert-OH is 2. The summed E-state index contributed by atoms with van der Waals surface area (Å²) in [5, 5.41) is 20.2. The van der Waals surface area contributed by atoms with Gasteiger partial charge >= 0.3 is 5.97 Å². The molecule has 0 aromatic rings. The van der Waals surface area contributed by atoms with Crippen molar-refractivity contribution in [2.24, 2.45) is 11.8 Å². The lowest BCUT2D eigenvalue weighted by atomic mass is 9.88. The number of carbonyl (C=O) groups is 2. The second kappa shape index (κ2) is 13.0. The van der Waals surface area contributed by atoms with Crippen molar-refractivity contribution in [1.29, 1.82) is 0 Å². The summed E-state index contributed by atoms with van der Waals surface area (Å²) < 4.78 is 4.62. The Kier molecular flexibility index (Phi) is 11.5. The maximum atomic E-state index is 12.2. The van der Waals surface area contributed by atoms with E-state index < -0.39 is 12.2 Å². The Bertz CT molecular complexity index is 446. The number of Topliss-reactive ketones (excluding diaryl/α,β-unsaturated/α-hetero) is 1. The van der Waals surface area contributed by atoms with Gasteiger partial charge in [0.2, 0.25) is 0 Å². The summed E-state index contributed by atoms with van der Waals surface area (Å²) in [4.78, 5) is 23.2. The average molecular weight is 369 g/mol. The fourth-order valence-electron chi connectivity index (χ4n) is 3.64. The monoisotopic (exact) mass is 368 g/mol. The van der Waals surface area contributed by atoms with Crippen molar-refractivity contribution in [2.45, 2.75) is 89.8 Å². The van der Waals surface area contributed by atoms with Crippen LogP contribution in [0.5, 0.6) is 0 Å². The molecule has 1 aliphatic rings. The molecule has 4 atom stereocenters. The van der Waals surface area contributed by atoms with Gasteiger partial charge in [-0.25, -0.2) is 0 Å². The number of hydrogen-bond acceptors (Lipinski definition) is 5. The van der Waals surface area contributed by atoms with Gasteiger partial charge in [0.15, 0.2) is 0 Å². The first-order chi connectivity index (χ1) is 12.5. The first-order valence-corrected chi connectivity index (χ1v) is 10.1. The molecule has 0 bridgehead atoms. The number of carbonyl (C=O) groups excluding carboxylic acids is 2. The summed E-state index contributed by atoms with van der Waals surface area (Å²) in [6.45, 7) is 2.13. The Morgan fingerprint density at radius 3 is 2.65 bits per heavy atom. The Balaban J connectivity index is 2.37. The fourth-order valence-corrected chi connectivity index (χ4v) is 3.64. The molecule has 0 aromatic heterocycles. The summed E-state index contributed by atoms with van der Waals surface area (Å²) in [6.07, 6.45) is 11.5. The third kappa shape index (κ3) is 8.45. The highest BCUT2D eigenvalue weighted by Crippen LogP contribution is 2.34. The molecule has 0 heterocycles. The number of rotatable bonds is 13. The van der Waals surface area contributed by atoms with E-state index in [4.69, 9.17) is 0 Å². The quantitative estimate of drug-likeness (QED) is 0.295. The van der Waals surface area contributed by atoms with Gasteiger partial charge in [-0.3, -0.25) is 9.59 Å². The molecule has 5 heteroatoms. The molecule has 0 amide bonds. The molecular formula is C21H36O5. The molecule has 0 aromatic carbocycles. The van der Waals surface area contributed by atoms with Gasteiger partial charge in [-0.2, -0.15) is 0 Å². The van der Waals surface area contributed by atoms with Crippen LogP contribution in [-0.4, -0.2) is 41.3 Å². The average Bonchev–Trinajstić information content (AvgIpc) is 2.89. The van der Waals surface area contributed by atoms with Gasteiger partial charge in [-0.1, -0.05) is 57.6 Å². The standard InChI is InChI=1S/C21H36O5/c1-3-4-7-10-16(22)13-14-18-17(19(23)15-20(18)24)11-8-5-6-9-12-21(25)26-2/h13-14,16-18,20,22,24H,3-12,15H2,1-2H3/b14-13+/t16-,17+,18-,20+/m0/s1. The summed E-state index contributed by atoms with van der Waals surface area (Å²) in [5.41, 5.74) is 0. The number of ether oxygens (including phenoxy) is 1. The number of ketones is 1. The van der Waals surface area contributed by atoms with E-state index in [1.54, 1.807) is 6.08 Å². The fraction of sp³-hybridized carbons (Fsp3) is 0.810. The molecule has 0 spiro atoms. The van der Waals surface area contributed by atoms with Crippen molar-refractivity contribution in [3.05, 3.63) is 12.2 Å². The van der Waals surface area contributed by atoms with Crippen molar-refractivity contribution < 1.29 is 24.5 Å². The summed E-state index contributed by atoms with van der Waals surface area (Å²) in [6, 6.07) is 0. The van der Waals surface area contributed by atoms with Crippen LogP contribution in [0.3, 0.4) is 0 Å². The predicted molar refractivity (Wildman–Crippen MR) is 102 cm³/mol. The van der Waals surface area contributed by atoms with Crippen LogP contribution in [0.2, 0.25) is 0 Å². The highest BCUT2D eigenvalue weighted by Gasteiger charge is 2.39. The van der Waals surface area contributed by atoms with Crippen LogP contribution < -0.4 is 0 Å². The number of hydrogen-bond donors (Lipinski definition) is 2. The van der Waals surface area contributed by atoms with E-state index in [1.807, 2.05) is 6.08 Å².